The van der Waals surface area contributed by atoms with Crippen LogP contribution in [-0.4, -0.2) is 36.7 Å². The summed E-state index contributed by atoms with van der Waals surface area (Å²) in [5, 5.41) is 0. The zero-order valence-electron chi connectivity index (χ0n) is 8.64. The summed E-state index contributed by atoms with van der Waals surface area (Å²) in [7, 11) is 3.19. The van der Waals surface area contributed by atoms with Crippen molar-refractivity contribution in [3.05, 3.63) is 30.1 Å². The van der Waals surface area contributed by atoms with Crippen LogP contribution in [0.5, 0.6) is 0 Å². The Hall–Kier alpha value is -1.62. The summed E-state index contributed by atoms with van der Waals surface area (Å²) in [6, 6.07) is 3.65. The van der Waals surface area contributed by atoms with Crippen molar-refractivity contribution in [1.82, 2.24) is 9.88 Å². The number of hydrogen-bond acceptors (Lipinski definition) is 4. The number of rotatable bonds is 2. The van der Waals surface area contributed by atoms with Gasteiger partial charge in [-0.1, -0.05) is 6.07 Å². The Balaban J connectivity index is 2.43. The van der Waals surface area contributed by atoms with Crippen molar-refractivity contribution in [3.63, 3.8) is 0 Å². The summed E-state index contributed by atoms with van der Waals surface area (Å²) in [6.07, 6.45) is 2.95. The third kappa shape index (κ3) is 1.35. The predicted octanol–water partition coefficient (Wildman–Crippen LogP) is 0.963. The number of methoxy groups -OCH3 is 1. The summed E-state index contributed by atoms with van der Waals surface area (Å²) in [5.74, 6) is 0. The van der Waals surface area contributed by atoms with Crippen LogP contribution in [0.2, 0.25) is 0 Å². The zero-order chi connectivity index (χ0) is 10.9. The maximum absolute atomic E-state index is 11.3. The number of ether oxygens (including phenoxy) is 2. The molecule has 5 heteroatoms. The third-order valence-electron chi connectivity index (χ3n) is 2.66. The fraction of sp³-hybridized carbons (Fsp3) is 0.400. The van der Waals surface area contributed by atoms with Crippen molar-refractivity contribution in [2.45, 2.75) is 5.72 Å². The largest absolute Gasteiger partial charge is 0.444 e. The molecule has 1 aromatic heterocycles. The Kier molecular flexibility index (Phi) is 2.32. The highest BCUT2D eigenvalue weighted by molar-refractivity contribution is 5.70. The standard InChI is InChI=1S/C10H12N2O3/c1-12-9(13)15-7-10(12,14-2)8-4-3-5-11-6-8/h3-6H,7H2,1-2H3. The van der Waals surface area contributed by atoms with Gasteiger partial charge in [0.15, 0.2) is 0 Å². The molecule has 80 valence electrons. The van der Waals surface area contributed by atoms with Crippen molar-refractivity contribution in [2.24, 2.45) is 0 Å². The molecule has 15 heavy (non-hydrogen) atoms. The van der Waals surface area contributed by atoms with E-state index in [9.17, 15) is 4.79 Å². The predicted molar refractivity (Wildman–Crippen MR) is 52.0 cm³/mol. The van der Waals surface area contributed by atoms with E-state index in [-0.39, 0.29) is 12.7 Å². The Labute approximate surface area is 87.6 Å². The fourth-order valence-corrected chi connectivity index (χ4v) is 1.69. The van der Waals surface area contributed by atoms with Gasteiger partial charge in [-0.15, -0.1) is 0 Å². The first kappa shape index (κ1) is 9.92. The Morgan fingerprint density at radius 3 is 2.93 bits per heavy atom. The lowest BCUT2D eigenvalue weighted by Gasteiger charge is -2.31. The SMILES string of the molecule is COC1(c2cccnc2)COC(=O)N1C. The van der Waals surface area contributed by atoms with Gasteiger partial charge < -0.3 is 9.47 Å². The highest BCUT2D eigenvalue weighted by atomic mass is 16.6. The highest BCUT2D eigenvalue weighted by Crippen LogP contribution is 2.33. The van der Waals surface area contributed by atoms with E-state index in [2.05, 4.69) is 4.98 Å². The normalized spacial score (nSPS) is 25.5. The molecule has 2 heterocycles. The van der Waals surface area contributed by atoms with Crippen LogP contribution in [0.3, 0.4) is 0 Å². The first-order valence-corrected chi connectivity index (χ1v) is 4.57. The van der Waals surface area contributed by atoms with Crippen LogP contribution < -0.4 is 0 Å². The second-order valence-corrected chi connectivity index (χ2v) is 3.34. The van der Waals surface area contributed by atoms with Gasteiger partial charge in [0.05, 0.1) is 0 Å². The number of carbonyl (C=O) groups excluding carboxylic acids is 1. The van der Waals surface area contributed by atoms with E-state index in [0.717, 1.165) is 5.56 Å². The van der Waals surface area contributed by atoms with Gasteiger partial charge in [0, 0.05) is 32.1 Å². The van der Waals surface area contributed by atoms with E-state index in [1.807, 2.05) is 6.07 Å². The average molecular weight is 208 g/mol. The number of pyridine rings is 1. The number of amides is 1. The Morgan fingerprint density at radius 1 is 1.67 bits per heavy atom. The second-order valence-electron chi connectivity index (χ2n) is 3.34. The molecule has 0 radical (unpaired) electrons. The summed E-state index contributed by atoms with van der Waals surface area (Å²) >= 11 is 0. The molecule has 1 atom stereocenters. The van der Waals surface area contributed by atoms with Crippen molar-refractivity contribution in [3.8, 4) is 0 Å². The minimum Gasteiger partial charge on any atom is -0.444 e. The van der Waals surface area contributed by atoms with E-state index in [0.29, 0.717) is 0 Å². The second kappa shape index (κ2) is 3.51. The van der Waals surface area contributed by atoms with E-state index in [1.54, 1.807) is 32.6 Å². The molecule has 0 aliphatic carbocycles. The Morgan fingerprint density at radius 2 is 2.47 bits per heavy atom. The summed E-state index contributed by atoms with van der Waals surface area (Å²) in [4.78, 5) is 16.8. The van der Waals surface area contributed by atoms with Crippen molar-refractivity contribution in [2.75, 3.05) is 20.8 Å². The van der Waals surface area contributed by atoms with E-state index >= 15 is 0 Å². The van der Waals surface area contributed by atoms with Crippen LogP contribution in [0, 0.1) is 0 Å². The number of likely N-dealkylation sites (N-methyl/N-ethyl adjacent to an activating group) is 1. The van der Waals surface area contributed by atoms with Crippen LogP contribution >= 0.6 is 0 Å². The summed E-state index contributed by atoms with van der Waals surface area (Å²) in [5.41, 5.74) is -0.0356. The van der Waals surface area contributed by atoms with E-state index < -0.39 is 5.72 Å². The van der Waals surface area contributed by atoms with E-state index in [1.165, 1.54) is 4.90 Å². The highest BCUT2D eigenvalue weighted by Gasteiger charge is 2.47. The molecule has 0 bridgehead atoms. The lowest BCUT2D eigenvalue weighted by Crippen LogP contribution is -2.43. The fourth-order valence-electron chi connectivity index (χ4n) is 1.69. The molecule has 0 saturated carbocycles. The molecule has 1 aliphatic rings. The molecule has 0 spiro atoms. The minimum absolute atomic E-state index is 0.185. The molecule has 0 N–H and O–H groups in total. The minimum atomic E-state index is -0.842. The van der Waals surface area contributed by atoms with Crippen molar-refractivity contribution in [1.29, 1.82) is 0 Å². The smallest absolute Gasteiger partial charge is 0.412 e. The maximum Gasteiger partial charge on any atom is 0.412 e. The molecule has 5 nitrogen and oxygen atoms in total. The summed E-state index contributed by atoms with van der Waals surface area (Å²) < 4.78 is 10.4. The van der Waals surface area contributed by atoms with Gasteiger partial charge in [-0.25, -0.2) is 4.79 Å². The van der Waals surface area contributed by atoms with Gasteiger partial charge in [0.25, 0.3) is 0 Å². The number of hydrogen-bond donors (Lipinski definition) is 0. The molecule has 1 aliphatic heterocycles. The Bertz CT molecular complexity index is 368. The lowest BCUT2D eigenvalue weighted by molar-refractivity contribution is -0.0941. The zero-order valence-corrected chi connectivity index (χ0v) is 8.64. The molecule has 1 saturated heterocycles. The van der Waals surface area contributed by atoms with Gasteiger partial charge >= 0.3 is 6.09 Å². The molecular formula is C10H12N2O3. The first-order chi connectivity index (χ1) is 7.20. The molecule has 1 unspecified atom stereocenters. The van der Waals surface area contributed by atoms with Crippen LogP contribution in [0.15, 0.2) is 24.5 Å². The maximum atomic E-state index is 11.3. The van der Waals surface area contributed by atoms with Crippen molar-refractivity contribution >= 4 is 6.09 Å². The van der Waals surface area contributed by atoms with Crippen LogP contribution in [0.1, 0.15) is 5.56 Å². The molecule has 1 fully saturated rings. The quantitative estimate of drug-likeness (QED) is 0.726. The first-order valence-electron chi connectivity index (χ1n) is 4.57. The van der Waals surface area contributed by atoms with Gasteiger partial charge in [-0.05, 0) is 6.07 Å². The number of nitrogens with zero attached hydrogens (tertiary/aromatic N) is 2. The van der Waals surface area contributed by atoms with Crippen LogP contribution in [0.4, 0.5) is 4.79 Å². The third-order valence-corrected chi connectivity index (χ3v) is 2.66. The van der Waals surface area contributed by atoms with Crippen molar-refractivity contribution < 1.29 is 14.3 Å². The molecule has 2 rings (SSSR count). The molecular weight excluding hydrogens is 196 g/mol. The van der Waals surface area contributed by atoms with Gasteiger partial charge in [0.2, 0.25) is 5.72 Å². The molecule has 1 aromatic rings. The van der Waals surface area contributed by atoms with Crippen LogP contribution in [0.25, 0.3) is 0 Å². The molecule has 0 aromatic carbocycles. The molecule has 1 amide bonds. The van der Waals surface area contributed by atoms with E-state index in [4.69, 9.17) is 9.47 Å². The van der Waals surface area contributed by atoms with Gasteiger partial charge in [-0.2, -0.15) is 0 Å². The monoisotopic (exact) mass is 208 g/mol. The van der Waals surface area contributed by atoms with Gasteiger partial charge in [-0.3, -0.25) is 9.88 Å². The summed E-state index contributed by atoms with van der Waals surface area (Å²) in [6.45, 7) is 0.185. The number of carbonyl (C=O) groups is 1. The number of aromatic nitrogens is 1. The average Bonchev–Trinajstić information content (AvgIpc) is 2.59. The lowest BCUT2D eigenvalue weighted by atomic mass is 10.1. The van der Waals surface area contributed by atoms with Gasteiger partial charge in [0.1, 0.15) is 6.61 Å². The topological polar surface area (TPSA) is 51.7 Å². The van der Waals surface area contributed by atoms with Crippen LogP contribution in [-0.2, 0) is 15.2 Å². The number of cyclic esters (lactones) is 1.